The van der Waals surface area contributed by atoms with Crippen LogP contribution in [-0.4, -0.2) is 61.8 Å². The summed E-state index contributed by atoms with van der Waals surface area (Å²) in [6, 6.07) is 9.27. The summed E-state index contributed by atoms with van der Waals surface area (Å²) in [6.07, 6.45) is 1.89. The molecule has 1 aromatic carbocycles. The Morgan fingerprint density at radius 1 is 1.09 bits per heavy atom. The number of para-hydroxylation sites is 1. The molecule has 0 bridgehead atoms. The van der Waals surface area contributed by atoms with Crippen LogP contribution >= 0.6 is 0 Å². The van der Waals surface area contributed by atoms with Crippen molar-refractivity contribution < 1.29 is 14.3 Å². The van der Waals surface area contributed by atoms with Gasteiger partial charge in [-0.1, -0.05) is 18.2 Å². The molecule has 2 aliphatic rings. The van der Waals surface area contributed by atoms with Crippen molar-refractivity contribution in [3.63, 3.8) is 0 Å². The summed E-state index contributed by atoms with van der Waals surface area (Å²) in [6.45, 7) is 6.49. The first-order chi connectivity index (χ1) is 10.8. The number of hydrogen-bond acceptors (Lipinski definition) is 4. The number of benzene rings is 1. The average Bonchev–Trinajstić information content (AvgIpc) is 2.57. The van der Waals surface area contributed by atoms with Crippen LogP contribution in [0.1, 0.15) is 12.8 Å². The number of amides is 1. The largest absolute Gasteiger partial charge is 0.415 e. The Kier molecular flexibility index (Phi) is 5.29. The van der Waals surface area contributed by atoms with Crippen LogP contribution in [0.4, 0.5) is 4.79 Å². The molecule has 1 amide bonds. The Labute approximate surface area is 131 Å². The van der Waals surface area contributed by atoms with E-state index in [1.165, 1.54) is 0 Å². The van der Waals surface area contributed by atoms with Crippen LogP contribution in [0.15, 0.2) is 30.3 Å². The smallest absolute Gasteiger partial charge is 0.410 e. The molecule has 0 atom stereocenters. The normalized spacial score (nSPS) is 20.8. The fourth-order valence-electron chi connectivity index (χ4n) is 3.10. The van der Waals surface area contributed by atoms with E-state index < -0.39 is 0 Å². The minimum Gasteiger partial charge on any atom is -0.410 e. The van der Waals surface area contributed by atoms with E-state index in [2.05, 4.69) is 4.90 Å². The summed E-state index contributed by atoms with van der Waals surface area (Å²) >= 11 is 0. The lowest BCUT2D eigenvalue weighted by Crippen LogP contribution is -2.44. The van der Waals surface area contributed by atoms with Crippen LogP contribution in [-0.2, 0) is 4.74 Å². The fraction of sp³-hybridized carbons (Fsp3) is 0.588. The van der Waals surface area contributed by atoms with Gasteiger partial charge in [0.05, 0.1) is 13.2 Å². The summed E-state index contributed by atoms with van der Waals surface area (Å²) in [4.78, 5) is 16.4. The number of rotatable bonds is 3. The van der Waals surface area contributed by atoms with Crippen molar-refractivity contribution in [3.05, 3.63) is 30.3 Å². The van der Waals surface area contributed by atoms with E-state index in [1.807, 2.05) is 35.2 Å². The first kappa shape index (κ1) is 15.3. The highest BCUT2D eigenvalue weighted by atomic mass is 16.6. The quantitative estimate of drug-likeness (QED) is 0.859. The second kappa shape index (κ2) is 7.61. The first-order valence-electron chi connectivity index (χ1n) is 8.13. The maximum Gasteiger partial charge on any atom is 0.415 e. The van der Waals surface area contributed by atoms with Crippen molar-refractivity contribution in [2.24, 2.45) is 5.92 Å². The van der Waals surface area contributed by atoms with Crippen LogP contribution in [0, 0.1) is 5.92 Å². The average molecular weight is 304 g/mol. The SMILES string of the molecule is O=C(Oc1ccccc1)N1CCC(CN2CCOCC2)CC1. The van der Waals surface area contributed by atoms with E-state index in [0.717, 1.165) is 58.8 Å². The second-order valence-electron chi connectivity index (χ2n) is 6.02. The van der Waals surface area contributed by atoms with Gasteiger partial charge in [-0.2, -0.15) is 0 Å². The summed E-state index contributed by atoms with van der Waals surface area (Å²) < 4.78 is 10.8. The molecule has 0 unspecified atom stereocenters. The van der Waals surface area contributed by atoms with E-state index in [-0.39, 0.29) is 6.09 Å². The number of morpholine rings is 1. The van der Waals surface area contributed by atoms with Gasteiger partial charge in [0.25, 0.3) is 0 Å². The highest BCUT2D eigenvalue weighted by Crippen LogP contribution is 2.20. The minimum atomic E-state index is -0.226. The van der Waals surface area contributed by atoms with E-state index in [9.17, 15) is 4.79 Å². The van der Waals surface area contributed by atoms with E-state index in [1.54, 1.807) is 0 Å². The van der Waals surface area contributed by atoms with Gasteiger partial charge in [0.1, 0.15) is 5.75 Å². The molecule has 1 aromatic rings. The van der Waals surface area contributed by atoms with Crippen LogP contribution in [0.5, 0.6) is 5.75 Å². The molecule has 2 fully saturated rings. The lowest BCUT2D eigenvalue weighted by atomic mass is 9.96. The van der Waals surface area contributed by atoms with Crippen LogP contribution in [0.25, 0.3) is 0 Å². The molecule has 5 nitrogen and oxygen atoms in total. The highest BCUT2D eigenvalue weighted by Gasteiger charge is 2.25. The topological polar surface area (TPSA) is 42.0 Å². The zero-order chi connectivity index (χ0) is 15.2. The maximum atomic E-state index is 12.1. The molecule has 0 spiro atoms. The predicted octanol–water partition coefficient (Wildman–Crippen LogP) is 2.23. The van der Waals surface area contributed by atoms with Gasteiger partial charge in [-0.05, 0) is 30.9 Å². The van der Waals surface area contributed by atoms with Crippen LogP contribution in [0.3, 0.4) is 0 Å². The summed E-state index contributed by atoms with van der Waals surface area (Å²) in [5.74, 6) is 1.29. The van der Waals surface area contributed by atoms with Crippen LogP contribution < -0.4 is 4.74 Å². The van der Waals surface area contributed by atoms with Crippen molar-refractivity contribution in [2.75, 3.05) is 45.9 Å². The Bertz CT molecular complexity index is 466. The van der Waals surface area contributed by atoms with Gasteiger partial charge in [-0.25, -0.2) is 4.79 Å². The maximum absolute atomic E-state index is 12.1. The first-order valence-corrected chi connectivity index (χ1v) is 8.13. The Morgan fingerprint density at radius 2 is 1.77 bits per heavy atom. The third kappa shape index (κ3) is 4.21. The molecule has 2 heterocycles. The zero-order valence-corrected chi connectivity index (χ0v) is 12.9. The molecule has 0 radical (unpaired) electrons. The molecule has 120 valence electrons. The van der Waals surface area contributed by atoms with Gasteiger partial charge < -0.3 is 14.4 Å². The molecule has 0 aliphatic carbocycles. The van der Waals surface area contributed by atoms with Gasteiger partial charge in [0.15, 0.2) is 0 Å². The van der Waals surface area contributed by atoms with E-state index in [0.29, 0.717) is 11.7 Å². The van der Waals surface area contributed by atoms with Gasteiger partial charge in [-0.3, -0.25) is 4.90 Å². The number of piperidine rings is 1. The number of likely N-dealkylation sites (tertiary alicyclic amines) is 1. The number of hydrogen-bond donors (Lipinski definition) is 0. The molecule has 2 saturated heterocycles. The van der Waals surface area contributed by atoms with Gasteiger partial charge in [0, 0.05) is 32.7 Å². The summed E-state index contributed by atoms with van der Waals surface area (Å²) in [7, 11) is 0. The number of ether oxygens (including phenoxy) is 2. The van der Waals surface area contributed by atoms with Crippen molar-refractivity contribution in [3.8, 4) is 5.75 Å². The molecular formula is C17H24N2O3. The third-order valence-electron chi connectivity index (χ3n) is 4.44. The lowest BCUT2D eigenvalue weighted by molar-refractivity contribution is 0.0251. The minimum absolute atomic E-state index is 0.226. The fourth-order valence-corrected chi connectivity index (χ4v) is 3.10. The number of carbonyl (C=O) groups is 1. The van der Waals surface area contributed by atoms with E-state index in [4.69, 9.17) is 9.47 Å². The van der Waals surface area contributed by atoms with Crippen molar-refractivity contribution in [1.29, 1.82) is 0 Å². The molecule has 0 N–H and O–H groups in total. The molecule has 2 aliphatic heterocycles. The molecular weight excluding hydrogens is 280 g/mol. The number of nitrogens with zero attached hydrogens (tertiary/aromatic N) is 2. The lowest BCUT2D eigenvalue weighted by Gasteiger charge is -2.35. The molecule has 22 heavy (non-hydrogen) atoms. The standard InChI is InChI=1S/C17H24N2O3/c20-17(22-16-4-2-1-3-5-16)19-8-6-15(7-9-19)14-18-10-12-21-13-11-18/h1-5,15H,6-14H2. The predicted molar refractivity (Wildman–Crippen MR) is 84.0 cm³/mol. The Morgan fingerprint density at radius 3 is 2.45 bits per heavy atom. The molecule has 0 saturated carbocycles. The molecule has 5 heteroatoms. The Hall–Kier alpha value is -1.59. The molecule has 3 rings (SSSR count). The van der Waals surface area contributed by atoms with Crippen molar-refractivity contribution in [1.82, 2.24) is 9.80 Å². The van der Waals surface area contributed by atoms with Crippen molar-refractivity contribution >= 4 is 6.09 Å². The summed E-state index contributed by atoms with van der Waals surface area (Å²) in [5, 5.41) is 0. The molecule has 0 aromatic heterocycles. The highest BCUT2D eigenvalue weighted by molar-refractivity contribution is 5.70. The summed E-state index contributed by atoms with van der Waals surface area (Å²) in [5.41, 5.74) is 0. The van der Waals surface area contributed by atoms with Crippen LogP contribution in [0.2, 0.25) is 0 Å². The monoisotopic (exact) mass is 304 g/mol. The number of carbonyl (C=O) groups excluding carboxylic acids is 1. The third-order valence-corrected chi connectivity index (χ3v) is 4.44. The second-order valence-corrected chi connectivity index (χ2v) is 6.02. The van der Waals surface area contributed by atoms with E-state index >= 15 is 0 Å². The van der Waals surface area contributed by atoms with Gasteiger partial charge >= 0.3 is 6.09 Å². The van der Waals surface area contributed by atoms with Gasteiger partial charge in [0.2, 0.25) is 0 Å². The van der Waals surface area contributed by atoms with Crippen molar-refractivity contribution in [2.45, 2.75) is 12.8 Å². The zero-order valence-electron chi connectivity index (χ0n) is 12.9. The van der Waals surface area contributed by atoms with Gasteiger partial charge in [-0.15, -0.1) is 0 Å². The Balaban J connectivity index is 1.42.